The second-order valence-electron chi connectivity index (χ2n) is 8.35. The van der Waals surface area contributed by atoms with Crippen molar-refractivity contribution >= 4 is 5.97 Å². The van der Waals surface area contributed by atoms with Crippen LogP contribution in [0.3, 0.4) is 0 Å². The van der Waals surface area contributed by atoms with Crippen molar-refractivity contribution in [3.05, 3.63) is 0 Å². The molecule has 26 heavy (non-hydrogen) atoms. The van der Waals surface area contributed by atoms with Crippen molar-refractivity contribution < 1.29 is 19.5 Å². The first-order valence-corrected chi connectivity index (χ1v) is 10.6. The van der Waals surface area contributed by atoms with Gasteiger partial charge in [-0.2, -0.15) is 0 Å². The average molecular weight is 371 g/mol. The van der Waals surface area contributed by atoms with Crippen LogP contribution < -0.4 is 0 Å². The van der Waals surface area contributed by atoms with Gasteiger partial charge in [-0.3, -0.25) is 4.79 Å². The summed E-state index contributed by atoms with van der Waals surface area (Å²) in [5, 5.41) is 13.9. The highest BCUT2D eigenvalue weighted by atomic mass is 16.6. The fourth-order valence-electron chi connectivity index (χ4n) is 3.85. The van der Waals surface area contributed by atoms with Gasteiger partial charge in [0.1, 0.15) is 5.72 Å². The van der Waals surface area contributed by atoms with Crippen LogP contribution in [0.25, 0.3) is 0 Å². The molecule has 1 atom stereocenters. The van der Waals surface area contributed by atoms with E-state index in [9.17, 15) is 10.0 Å². The van der Waals surface area contributed by atoms with E-state index in [1.54, 1.807) is 0 Å². The molecular weight excluding hydrogens is 330 g/mol. The number of methoxy groups -OCH3 is 1. The monoisotopic (exact) mass is 370 g/mol. The highest BCUT2D eigenvalue weighted by Gasteiger charge is 2.51. The maximum atomic E-state index is 12.7. The number of hydroxylamine groups is 2. The summed E-state index contributed by atoms with van der Waals surface area (Å²) in [5.41, 5.74) is -0.985. The van der Waals surface area contributed by atoms with Gasteiger partial charge in [0.15, 0.2) is 0 Å². The van der Waals surface area contributed by atoms with Gasteiger partial charge < -0.3 is 9.47 Å². The number of carbonyl (C=O) groups excluding carboxylic acids is 1. The van der Waals surface area contributed by atoms with Gasteiger partial charge in [-0.05, 0) is 39.5 Å². The number of rotatable bonds is 14. The number of ether oxygens (including phenoxy) is 2. The van der Waals surface area contributed by atoms with Gasteiger partial charge in [0.2, 0.25) is 0 Å². The molecule has 1 saturated heterocycles. The standard InChI is InChI=1S/C21H40NO4/c1-5-16-21(22(24)20(2,3)18-26-21)17-14-12-10-8-6-7-9-11-13-15-19(23)25-4/h5-18H2,1-4H3. The number of unbranched alkanes of at least 4 members (excludes halogenated alkanes) is 8. The Morgan fingerprint density at radius 3 is 1.96 bits per heavy atom. The van der Waals surface area contributed by atoms with Crippen LogP contribution >= 0.6 is 0 Å². The lowest BCUT2D eigenvalue weighted by Crippen LogP contribution is -2.49. The fraction of sp³-hybridized carbons (Fsp3) is 0.952. The minimum absolute atomic E-state index is 0.0999. The number of hydrogen-bond acceptors (Lipinski definition) is 4. The van der Waals surface area contributed by atoms with E-state index in [2.05, 4.69) is 11.7 Å². The molecule has 0 spiro atoms. The van der Waals surface area contributed by atoms with Crippen molar-refractivity contribution in [3.8, 4) is 0 Å². The lowest BCUT2D eigenvalue weighted by molar-refractivity contribution is -0.295. The van der Waals surface area contributed by atoms with Gasteiger partial charge in [-0.15, -0.1) is 10.3 Å². The summed E-state index contributed by atoms with van der Waals surface area (Å²) < 4.78 is 10.6. The summed E-state index contributed by atoms with van der Waals surface area (Å²) in [4.78, 5) is 11.0. The summed E-state index contributed by atoms with van der Waals surface area (Å²) in [5.74, 6) is -0.0999. The quantitative estimate of drug-likeness (QED) is 0.303. The molecule has 153 valence electrons. The van der Waals surface area contributed by atoms with E-state index < -0.39 is 11.3 Å². The van der Waals surface area contributed by atoms with Crippen LogP contribution in [-0.2, 0) is 19.5 Å². The minimum Gasteiger partial charge on any atom is -0.469 e. The highest BCUT2D eigenvalue weighted by Crippen LogP contribution is 2.40. The molecule has 0 amide bonds. The highest BCUT2D eigenvalue weighted by molar-refractivity contribution is 5.68. The van der Waals surface area contributed by atoms with Gasteiger partial charge in [-0.1, -0.05) is 58.3 Å². The Hall–Kier alpha value is -0.650. The van der Waals surface area contributed by atoms with E-state index in [4.69, 9.17) is 4.74 Å². The summed E-state index contributed by atoms with van der Waals surface area (Å²) in [6.07, 6.45) is 13.7. The molecule has 0 bridgehead atoms. The third-order valence-electron chi connectivity index (χ3n) is 5.43. The Balaban J connectivity index is 2.06. The van der Waals surface area contributed by atoms with Gasteiger partial charge >= 0.3 is 5.97 Å². The van der Waals surface area contributed by atoms with Crippen molar-refractivity contribution in [2.24, 2.45) is 0 Å². The Morgan fingerprint density at radius 2 is 1.50 bits per heavy atom. The molecule has 0 saturated carbocycles. The predicted molar refractivity (Wildman–Crippen MR) is 103 cm³/mol. The Labute approximate surface area is 160 Å². The first-order valence-electron chi connectivity index (χ1n) is 10.6. The van der Waals surface area contributed by atoms with Crippen molar-refractivity contribution in [1.82, 2.24) is 5.06 Å². The molecule has 1 aliphatic heterocycles. The molecule has 1 unspecified atom stereocenters. The van der Waals surface area contributed by atoms with Crippen LogP contribution in [0, 0.1) is 0 Å². The summed E-state index contributed by atoms with van der Waals surface area (Å²) in [6.45, 7) is 6.60. The lowest BCUT2D eigenvalue weighted by atomic mass is 9.96. The second-order valence-corrected chi connectivity index (χ2v) is 8.35. The maximum absolute atomic E-state index is 12.7. The Bertz CT molecular complexity index is 399. The molecule has 0 aromatic carbocycles. The molecule has 0 aromatic rings. The number of hydrogen-bond donors (Lipinski definition) is 0. The van der Waals surface area contributed by atoms with Gasteiger partial charge in [0.05, 0.1) is 19.3 Å². The van der Waals surface area contributed by atoms with E-state index in [0.29, 0.717) is 13.0 Å². The molecular formula is C21H40NO4. The molecule has 5 heteroatoms. The Kier molecular flexibility index (Phi) is 10.7. The summed E-state index contributed by atoms with van der Waals surface area (Å²) in [6, 6.07) is 0. The molecule has 1 aliphatic rings. The number of carbonyl (C=O) groups is 1. The van der Waals surface area contributed by atoms with E-state index in [-0.39, 0.29) is 5.97 Å². The zero-order valence-electron chi connectivity index (χ0n) is 17.5. The molecule has 1 fully saturated rings. The summed E-state index contributed by atoms with van der Waals surface area (Å²) in [7, 11) is 1.45. The topological polar surface area (TPSA) is 58.7 Å². The summed E-state index contributed by atoms with van der Waals surface area (Å²) >= 11 is 0. The van der Waals surface area contributed by atoms with Crippen LogP contribution in [-0.4, -0.2) is 36.0 Å². The van der Waals surface area contributed by atoms with Crippen LogP contribution in [0.5, 0.6) is 0 Å². The van der Waals surface area contributed by atoms with E-state index in [1.165, 1.54) is 50.7 Å². The lowest BCUT2D eigenvalue weighted by Gasteiger charge is -2.35. The van der Waals surface area contributed by atoms with Gasteiger partial charge in [0, 0.05) is 6.42 Å². The fourth-order valence-corrected chi connectivity index (χ4v) is 3.85. The normalized spacial score (nSPS) is 22.7. The van der Waals surface area contributed by atoms with Crippen molar-refractivity contribution in [2.75, 3.05) is 13.7 Å². The second kappa shape index (κ2) is 11.9. The first kappa shape index (κ1) is 23.4. The zero-order chi connectivity index (χ0) is 19.5. The van der Waals surface area contributed by atoms with E-state index in [0.717, 1.165) is 38.5 Å². The van der Waals surface area contributed by atoms with E-state index in [1.807, 2.05) is 13.8 Å². The average Bonchev–Trinajstić information content (AvgIpc) is 2.84. The molecule has 1 radical (unpaired) electrons. The predicted octanol–water partition coefficient (Wildman–Crippen LogP) is 5.40. The van der Waals surface area contributed by atoms with Crippen LogP contribution in [0.4, 0.5) is 0 Å². The Morgan fingerprint density at radius 1 is 0.962 bits per heavy atom. The number of esters is 1. The largest absolute Gasteiger partial charge is 0.469 e. The smallest absolute Gasteiger partial charge is 0.305 e. The van der Waals surface area contributed by atoms with Crippen molar-refractivity contribution in [3.63, 3.8) is 0 Å². The molecule has 0 aliphatic carbocycles. The van der Waals surface area contributed by atoms with Gasteiger partial charge in [0.25, 0.3) is 0 Å². The molecule has 0 N–H and O–H groups in total. The molecule has 5 nitrogen and oxygen atoms in total. The van der Waals surface area contributed by atoms with Crippen LogP contribution in [0.1, 0.15) is 104 Å². The zero-order valence-corrected chi connectivity index (χ0v) is 17.5. The molecule has 0 aromatic heterocycles. The van der Waals surface area contributed by atoms with Crippen LogP contribution in [0.15, 0.2) is 0 Å². The maximum Gasteiger partial charge on any atom is 0.305 e. The third-order valence-corrected chi connectivity index (χ3v) is 5.43. The van der Waals surface area contributed by atoms with Crippen molar-refractivity contribution in [2.45, 2.75) is 116 Å². The van der Waals surface area contributed by atoms with Crippen LogP contribution in [0.2, 0.25) is 0 Å². The molecule has 1 heterocycles. The first-order chi connectivity index (χ1) is 12.4. The van der Waals surface area contributed by atoms with Crippen molar-refractivity contribution in [1.29, 1.82) is 0 Å². The van der Waals surface area contributed by atoms with Gasteiger partial charge in [-0.25, -0.2) is 0 Å². The van der Waals surface area contributed by atoms with E-state index >= 15 is 0 Å². The molecule has 1 rings (SSSR count). The minimum atomic E-state index is -0.585. The SMILES string of the molecule is CCCC1(CCCCCCCCCCCC(=O)OC)OCC(C)(C)N1[O]. The number of nitrogens with zero attached hydrogens (tertiary/aromatic N) is 1. The third kappa shape index (κ3) is 7.53.